The van der Waals surface area contributed by atoms with Crippen molar-refractivity contribution in [3.05, 3.63) is 40.1 Å². The van der Waals surface area contributed by atoms with Crippen molar-refractivity contribution >= 4 is 5.91 Å². The molecule has 0 saturated heterocycles. The van der Waals surface area contributed by atoms with Crippen LogP contribution >= 0.6 is 0 Å². The number of aromatic nitrogens is 5. The predicted molar refractivity (Wildman–Crippen MR) is 80.1 cm³/mol. The van der Waals surface area contributed by atoms with E-state index >= 15 is 0 Å². The number of hydrogen-bond acceptors (Lipinski definition) is 5. The summed E-state index contributed by atoms with van der Waals surface area (Å²) >= 11 is 0. The summed E-state index contributed by atoms with van der Waals surface area (Å²) in [6.07, 6.45) is 1.63. The van der Waals surface area contributed by atoms with E-state index < -0.39 is 5.69 Å². The van der Waals surface area contributed by atoms with Gasteiger partial charge in [0.05, 0.1) is 6.54 Å². The van der Waals surface area contributed by atoms with Crippen LogP contribution in [0.25, 0.3) is 0 Å². The molecule has 0 saturated carbocycles. The summed E-state index contributed by atoms with van der Waals surface area (Å²) in [5.41, 5.74) is 0.961. The molecular formula is C14H20N6O2. The molecule has 0 unspecified atom stereocenters. The number of carbonyl (C=O) groups is 1. The molecule has 0 aliphatic rings. The lowest BCUT2D eigenvalue weighted by Crippen LogP contribution is -2.36. The molecule has 0 radical (unpaired) electrons. The molecule has 0 fully saturated rings. The van der Waals surface area contributed by atoms with Gasteiger partial charge in [-0.2, -0.15) is 4.98 Å². The third kappa shape index (κ3) is 3.38. The van der Waals surface area contributed by atoms with Crippen molar-refractivity contribution in [2.45, 2.75) is 40.4 Å². The molecule has 2 heterocycles. The van der Waals surface area contributed by atoms with Crippen LogP contribution in [0.5, 0.6) is 0 Å². The smallest absolute Gasteiger partial charge is 0.337 e. The van der Waals surface area contributed by atoms with E-state index in [1.54, 1.807) is 33.3 Å². The Balaban J connectivity index is 2.11. The van der Waals surface area contributed by atoms with Crippen LogP contribution in [0.4, 0.5) is 0 Å². The lowest BCUT2D eigenvalue weighted by molar-refractivity contribution is -0.131. The zero-order chi connectivity index (χ0) is 16.3. The molecule has 0 spiro atoms. The van der Waals surface area contributed by atoms with Crippen LogP contribution in [-0.2, 0) is 24.4 Å². The molecule has 2 rings (SSSR count). The zero-order valence-electron chi connectivity index (χ0n) is 13.3. The molecule has 8 heteroatoms. The van der Waals surface area contributed by atoms with Gasteiger partial charge in [0.1, 0.15) is 12.9 Å². The van der Waals surface area contributed by atoms with Crippen molar-refractivity contribution in [2.75, 3.05) is 7.05 Å². The average molecular weight is 304 g/mol. The van der Waals surface area contributed by atoms with Gasteiger partial charge in [-0.1, -0.05) is 0 Å². The van der Waals surface area contributed by atoms with Gasteiger partial charge in [-0.15, -0.1) is 10.2 Å². The first kappa shape index (κ1) is 15.9. The lowest BCUT2D eigenvalue weighted by Gasteiger charge is -2.18. The molecule has 2 aromatic rings. The number of rotatable bonds is 5. The predicted octanol–water partition coefficient (Wildman–Crippen LogP) is 0.130. The van der Waals surface area contributed by atoms with Crippen LogP contribution in [0.2, 0.25) is 0 Å². The van der Waals surface area contributed by atoms with Crippen LogP contribution in [0.15, 0.2) is 17.2 Å². The normalized spacial score (nSPS) is 10.7. The fraction of sp³-hybridized carbons (Fsp3) is 0.500. The van der Waals surface area contributed by atoms with E-state index in [1.165, 1.54) is 9.47 Å². The second kappa shape index (κ2) is 6.50. The van der Waals surface area contributed by atoms with E-state index in [2.05, 4.69) is 15.2 Å². The quantitative estimate of drug-likeness (QED) is 0.784. The van der Waals surface area contributed by atoms with E-state index in [4.69, 9.17) is 0 Å². The van der Waals surface area contributed by atoms with Gasteiger partial charge in [-0.25, -0.2) is 4.79 Å². The fourth-order valence-electron chi connectivity index (χ4n) is 2.19. The summed E-state index contributed by atoms with van der Waals surface area (Å²) in [6, 6.07) is 1.78. The highest BCUT2D eigenvalue weighted by atomic mass is 16.2. The summed E-state index contributed by atoms with van der Waals surface area (Å²) in [4.78, 5) is 29.6. The molecule has 2 aromatic heterocycles. The molecule has 0 aromatic carbocycles. The largest absolute Gasteiger partial charge is 0.348 e. The second-order valence-electron chi connectivity index (χ2n) is 5.19. The van der Waals surface area contributed by atoms with Crippen LogP contribution < -0.4 is 5.69 Å². The minimum Gasteiger partial charge on any atom is -0.337 e. The van der Waals surface area contributed by atoms with Gasteiger partial charge in [-0.05, 0) is 26.8 Å². The Hall–Kier alpha value is -2.51. The highest BCUT2D eigenvalue weighted by Crippen LogP contribution is 2.02. The average Bonchev–Trinajstić information content (AvgIpc) is 2.89. The number of hydrogen-bond donors (Lipinski definition) is 0. The molecule has 118 valence electrons. The lowest BCUT2D eigenvalue weighted by atomic mass is 10.3. The Bertz CT molecular complexity index is 733. The fourth-order valence-corrected chi connectivity index (χ4v) is 2.19. The van der Waals surface area contributed by atoms with Gasteiger partial charge in [0.15, 0.2) is 5.82 Å². The van der Waals surface area contributed by atoms with Gasteiger partial charge in [-0.3, -0.25) is 9.36 Å². The molecule has 1 amide bonds. The third-order valence-corrected chi connectivity index (χ3v) is 3.48. The maximum atomic E-state index is 12.3. The first-order chi connectivity index (χ1) is 10.4. The van der Waals surface area contributed by atoms with Gasteiger partial charge >= 0.3 is 5.69 Å². The molecular weight excluding hydrogens is 284 g/mol. The molecule has 0 N–H and O–H groups in total. The number of nitrogens with zero attached hydrogens (tertiary/aromatic N) is 6. The van der Waals surface area contributed by atoms with Crippen molar-refractivity contribution in [1.29, 1.82) is 0 Å². The van der Waals surface area contributed by atoms with Crippen molar-refractivity contribution in [2.24, 2.45) is 0 Å². The van der Waals surface area contributed by atoms with Crippen molar-refractivity contribution in [3.63, 3.8) is 0 Å². The van der Waals surface area contributed by atoms with Crippen LogP contribution in [0.3, 0.4) is 0 Å². The molecule has 0 aliphatic heterocycles. The number of aryl methyl sites for hydroxylation is 3. The zero-order valence-corrected chi connectivity index (χ0v) is 13.3. The molecule has 22 heavy (non-hydrogen) atoms. The van der Waals surface area contributed by atoms with Gasteiger partial charge in [0.25, 0.3) is 0 Å². The highest BCUT2D eigenvalue weighted by Gasteiger charge is 2.15. The number of likely N-dealkylation sites (N-methyl/N-ethyl adjacent to an activating group) is 1. The van der Waals surface area contributed by atoms with E-state index in [1.807, 2.05) is 11.5 Å². The first-order valence-electron chi connectivity index (χ1n) is 7.08. The number of amides is 1. The van der Waals surface area contributed by atoms with Crippen LogP contribution in [0, 0.1) is 13.8 Å². The van der Waals surface area contributed by atoms with Gasteiger partial charge in [0, 0.05) is 25.0 Å². The minimum atomic E-state index is -0.407. The Morgan fingerprint density at radius 2 is 2.09 bits per heavy atom. The topological polar surface area (TPSA) is 85.9 Å². The SMILES string of the molecule is CCn1cnnc1CN(C)C(=O)Cn1c(C)cc(C)nc1=O. The molecule has 8 nitrogen and oxygen atoms in total. The van der Waals surface area contributed by atoms with Crippen molar-refractivity contribution in [3.8, 4) is 0 Å². The summed E-state index contributed by atoms with van der Waals surface area (Å²) in [5, 5.41) is 7.84. The highest BCUT2D eigenvalue weighted by molar-refractivity contribution is 5.75. The molecule has 0 aliphatic carbocycles. The number of carbonyl (C=O) groups excluding carboxylic acids is 1. The van der Waals surface area contributed by atoms with E-state index in [9.17, 15) is 9.59 Å². The van der Waals surface area contributed by atoms with E-state index in [-0.39, 0.29) is 12.5 Å². The standard InChI is InChI=1S/C14H20N6O2/c1-5-19-9-15-17-12(19)7-18(4)13(21)8-20-11(3)6-10(2)16-14(20)22/h6,9H,5,7-8H2,1-4H3. The Kier molecular flexibility index (Phi) is 4.69. The van der Waals surface area contributed by atoms with E-state index in [0.29, 0.717) is 18.1 Å². The van der Waals surface area contributed by atoms with E-state index in [0.717, 1.165) is 12.2 Å². The Morgan fingerprint density at radius 3 is 2.73 bits per heavy atom. The summed E-state index contributed by atoms with van der Waals surface area (Å²) in [7, 11) is 1.68. The Morgan fingerprint density at radius 1 is 1.36 bits per heavy atom. The van der Waals surface area contributed by atoms with Crippen molar-refractivity contribution < 1.29 is 4.79 Å². The monoisotopic (exact) mass is 304 g/mol. The summed E-state index contributed by atoms with van der Waals surface area (Å²) < 4.78 is 3.24. The second-order valence-corrected chi connectivity index (χ2v) is 5.19. The minimum absolute atomic E-state index is 0.0330. The van der Waals surface area contributed by atoms with Gasteiger partial charge < -0.3 is 9.47 Å². The van der Waals surface area contributed by atoms with Crippen molar-refractivity contribution in [1.82, 2.24) is 29.2 Å². The van der Waals surface area contributed by atoms with Crippen LogP contribution in [0.1, 0.15) is 24.1 Å². The van der Waals surface area contributed by atoms with Crippen LogP contribution in [-0.4, -0.2) is 42.2 Å². The first-order valence-corrected chi connectivity index (χ1v) is 7.08. The summed E-state index contributed by atoms with van der Waals surface area (Å²) in [5.74, 6) is 0.533. The Labute approximate surface area is 128 Å². The third-order valence-electron chi connectivity index (χ3n) is 3.48. The van der Waals surface area contributed by atoms with Gasteiger partial charge in [0.2, 0.25) is 5.91 Å². The molecule has 0 bridgehead atoms. The maximum absolute atomic E-state index is 12.3. The molecule has 0 atom stereocenters. The maximum Gasteiger partial charge on any atom is 0.348 e. The summed E-state index contributed by atoms with van der Waals surface area (Å²) in [6.45, 7) is 6.58.